The van der Waals surface area contributed by atoms with E-state index in [2.05, 4.69) is 78.8 Å². The van der Waals surface area contributed by atoms with Gasteiger partial charge in [0.1, 0.15) is 5.82 Å². The van der Waals surface area contributed by atoms with Crippen LogP contribution in [0.2, 0.25) is 0 Å². The van der Waals surface area contributed by atoms with Gasteiger partial charge in [-0.2, -0.15) is 0 Å². The Labute approximate surface area is 243 Å². The normalized spacial score (nSPS) is 14.7. The number of hydrogen-bond donors (Lipinski definition) is 0. The lowest BCUT2D eigenvalue weighted by atomic mass is 9.98. The van der Waals surface area contributed by atoms with Gasteiger partial charge in [-0.15, -0.1) is 0 Å². The zero-order chi connectivity index (χ0) is 29.0. The van der Waals surface area contributed by atoms with Crippen molar-refractivity contribution in [2.45, 2.75) is 46.2 Å². The molecule has 1 aliphatic rings. The second kappa shape index (κ2) is 12.3. The second-order valence-corrected chi connectivity index (χ2v) is 12.0. The standard InChI is InChI=1S/C34H40N6O/c1-25-8-13-30(21-29(25)22-32-36-16-14-31(37-32)28-7-6-15-35-23-28)40(34(2,3)4)33(41)27-11-9-26(10-12-27)24-39-19-17-38(5)18-20-39/h6-16,21,23H,17-20,22,24H2,1-5H3. The Kier molecular flexibility index (Phi) is 8.57. The van der Waals surface area contributed by atoms with E-state index in [0.29, 0.717) is 12.0 Å². The van der Waals surface area contributed by atoms with Gasteiger partial charge in [-0.3, -0.25) is 14.7 Å². The largest absolute Gasteiger partial charge is 0.304 e. The van der Waals surface area contributed by atoms with Gasteiger partial charge in [0.25, 0.3) is 5.91 Å². The first-order valence-corrected chi connectivity index (χ1v) is 14.3. The van der Waals surface area contributed by atoms with Crippen molar-refractivity contribution >= 4 is 11.6 Å². The van der Waals surface area contributed by atoms with Gasteiger partial charge in [0.05, 0.1) is 5.69 Å². The average molecular weight is 549 g/mol. The highest BCUT2D eigenvalue weighted by Gasteiger charge is 2.29. The number of piperazine rings is 1. The summed E-state index contributed by atoms with van der Waals surface area (Å²) >= 11 is 0. The Balaban J connectivity index is 1.36. The van der Waals surface area contributed by atoms with Gasteiger partial charge in [0, 0.05) is 80.1 Å². The van der Waals surface area contributed by atoms with Gasteiger partial charge in [0.2, 0.25) is 0 Å². The highest BCUT2D eigenvalue weighted by atomic mass is 16.2. The fraction of sp³-hybridized carbons (Fsp3) is 0.353. The molecule has 1 saturated heterocycles. The summed E-state index contributed by atoms with van der Waals surface area (Å²) in [6.45, 7) is 13.6. The second-order valence-electron chi connectivity index (χ2n) is 12.0. The first-order chi connectivity index (χ1) is 19.7. The Morgan fingerprint density at radius 2 is 1.71 bits per heavy atom. The van der Waals surface area contributed by atoms with Crippen molar-refractivity contribution in [3.8, 4) is 11.3 Å². The Bertz CT molecular complexity index is 1470. The molecule has 0 spiro atoms. The minimum Gasteiger partial charge on any atom is -0.304 e. The van der Waals surface area contributed by atoms with E-state index in [0.717, 1.165) is 66.6 Å². The highest BCUT2D eigenvalue weighted by molar-refractivity contribution is 6.07. The summed E-state index contributed by atoms with van der Waals surface area (Å²) in [6.07, 6.45) is 5.93. The van der Waals surface area contributed by atoms with Crippen LogP contribution in [0, 0.1) is 6.92 Å². The third kappa shape index (κ3) is 7.04. The number of aryl methyl sites for hydroxylation is 1. The van der Waals surface area contributed by atoms with Crippen LogP contribution < -0.4 is 4.90 Å². The number of carbonyl (C=O) groups is 1. The van der Waals surface area contributed by atoms with Gasteiger partial charge >= 0.3 is 0 Å². The third-order valence-electron chi connectivity index (χ3n) is 7.68. The van der Waals surface area contributed by atoms with E-state index < -0.39 is 5.54 Å². The van der Waals surface area contributed by atoms with Crippen molar-refractivity contribution in [1.29, 1.82) is 0 Å². The van der Waals surface area contributed by atoms with E-state index in [1.54, 1.807) is 12.4 Å². The van der Waals surface area contributed by atoms with Gasteiger partial charge < -0.3 is 9.80 Å². The van der Waals surface area contributed by atoms with Crippen LogP contribution in [0.5, 0.6) is 0 Å². The fourth-order valence-electron chi connectivity index (χ4n) is 5.27. The van der Waals surface area contributed by atoms with Crippen LogP contribution in [0.25, 0.3) is 11.3 Å². The Morgan fingerprint density at radius 3 is 2.39 bits per heavy atom. The number of nitrogens with zero attached hydrogens (tertiary/aromatic N) is 6. The third-order valence-corrected chi connectivity index (χ3v) is 7.68. The van der Waals surface area contributed by atoms with Crippen LogP contribution in [-0.4, -0.2) is 69.4 Å². The molecule has 1 aliphatic heterocycles. The minimum atomic E-state index is -0.418. The van der Waals surface area contributed by atoms with Crippen molar-refractivity contribution in [3.63, 3.8) is 0 Å². The molecule has 0 aliphatic carbocycles. The van der Waals surface area contributed by atoms with Gasteiger partial charge in [-0.25, -0.2) is 9.97 Å². The molecule has 0 bridgehead atoms. The number of aromatic nitrogens is 3. The molecule has 0 radical (unpaired) electrons. The van der Waals surface area contributed by atoms with E-state index in [-0.39, 0.29) is 5.91 Å². The summed E-state index contributed by atoms with van der Waals surface area (Å²) in [7, 11) is 2.17. The fourth-order valence-corrected chi connectivity index (χ4v) is 5.27. The van der Waals surface area contributed by atoms with E-state index >= 15 is 0 Å². The van der Waals surface area contributed by atoms with Gasteiger partial charge in [-0.1, -0.05) is 18.2 Å². The lowest BCUT2D eigenvalue weighted by molar-refractivity contribution is 0.0966. The van der Waals surface area contributed by atoms with Crippen molar-refractivity contribution in [2.75, 3.05) is 38.1 Å². The molecular weight excluding hydrogens is 508 g/mol. The summed E-state index contributed by atoms with van der Waals surface area (Å²) in [4.78, 5) is 34.3. The molecule has 0 unspecified atom stereocenters. The van der Waals surface area contributed by atoms with E-state index in [9.17, 15) is 4.79 Å². The van der Waals surface area contributed by atoms with E-state index in [1.165, 1.54) is 5.56 Å². The maximum atomic E-state index is 14.0. The smallest absolute Gasteiger partial charge is 0.258 e. The molecule has 2 aromatic carbocycles. The minimum absolute atomic E-state index is 0.00623. The number of pyridine rings is 1. The first-order valence-electron chi connectivity index (χ1n) is 14.3. The molecule has 0 atom stereocenters. The number of rotatable bonds is 7. The number of hydrogen-bond acceptors (Lipinski definition) is 6. The molecule has 7 nitrogen and oxygen atoms in total. The number of benzene rings is 2. The molecule has 1 amide bonds. The molecule has 1 fully saturated rings. The lowest BCUT2D eigenvalue weighted by Gasteiger charge is -2.36. The van der Waals surface area contributed by atoms with Crippen LogP contribution in [0.4, 0.5) is 5.69 Å². The van der Waals surface area contributed by atoms with Gasteiger partial charge in [-0.05, 0) is 93.9 Å². The lowest BCUT2D eigenvalue weighted by Crippen LogP contribution is -2.46. The molecule has 4 aromatic rings. The van der Waals surface area contributed by atoms with Crippen LogP contribution in [0.3, 0.4) is 0 Å². The van der Waals surface area contributed by atoms with Crippen molar-refractivity contribution in [1.82, 2.24) is 24.8 Å². The molecule has 0 saturated carbocycles. The number of carbonyl (C=O) groups excluding carboxylic acids is 1. The summed E-state index contributed by atoms with van der Waals surface area (Å²) in [5.41, 5.74) is 6.41. The van der Waals surface area contributed by atoms with E-state index in [1.807, 2.05) is 47.5 Å². The molecule has 5 rings (SSSR count). The molecule has 0 N–H and O–H groups in total. The first kappa shape index (κ1) is 28.6. The zero-order valence-corrected chi connectivity index (χ0v) is 24.8. The Hall–Kier alpha value is -3.94. The Morgan fingerprint density at radius 1 is 0.951 bits per heavy atom. The van der Waals surface area contributed by atoms with Crippen LogP contribution in [0.15, 0.2) is 79.3 Å². The van der Waals surface area contributed by atoms with Crippen molar-refractivity contribution < 1.29 is 4.79 Å². The van der Waals surface area contributed by atoms with Crippen LogP contribution in [0.1, 0.15) is 53.6 Å². The number of anilines is 1. The van der Waals surface area contributed by atoms with Crippen molar-refractivity contribution in [3.05, 3.63) is 107 Å². The molecule has 2 aromatic heterocycles. The SMILES string of the molecule is Cc1ccc(N(C(=O)c2ccc(CN3CCN(C)CC3)cc2)C(C)(C)C)cc1Cc1nccc(-c2cccnc2)n1. The predicted molar refractivity (Wildman–Crippen MR) is 165 cm³/mol. The summed E-state index contributed by atoms with van der Waals surface area (Å²) in [5.74, 6) is 0.726. The number of likely N-dealkylation sites (N-methyl/N-ethyl adjacent to an activating group) is 1. The highest BCUT2D eigenvalue weighted by Crippen LogP contribution is 2.29. The predicted octanol–water partition coefficient (Wildman–Crippen LogP) is 5.63. The average Bonchev–Trinajstić information content (AvgIpc) is 2.96. The summed E-state index contributed by atoms with van der Waals surface area (Å²) in [5, 5.41) is 0. The molecule has 3 heterocycles. The quantitative estimate of drug-likeness (QED) is 0.298. The maximum Gasteiger partial charge on any atom is 0.258 e. The van der Waals surface area contributed by atoms with Crippen LogP contribution >= 0.6 is 0 Å². The van der Waals surface area contributed by atoms with Crippen LogP contribution in [-0.2, 0) is 13.0 Å². The topological polar surface area (TPSA) is 65.5 Å². The summed E-state index contributed by atoms with van der Waals surface area (Å²) in [6, 6.07) is 20.2. The summed E-state index contributed by atoms with van der Waals surface area (Å²) < 4.78 is 0. The number of amides is 1. The molecular formula is C34H40N6O. The molecule has 212 valence electrons. The monoisotopic (exact) mass is 548 g/mol. The molecule has 7 heteroatoms. The molecule has 41 heavy (non-hydrogen) atoms. The maximum absolute atomic E-state index is 14.0. The zero-order valence-electron chi connectivity index (χ0n) is 24.8. The van der Waals surface area contributed by atoms with E-state index in [4.69, 9.17) is 4.98 Å². The van der Waals surface area contributed by atoms with Gasteiger partial charge in [0.15, 0.2) is 0 Å². The van der Waals surface area contributed by atoms with Crippen molar-refractivity contribution in [2.24, 2.45) is 0 Å².